The third-order valence-corrected chi connectivity index (χ3v) is 3.33. The van der Waals surface area contributed by atoms with E-state index in [1.165, 1.54) is 0 Å². The van der Waals surface area contributed by atoms with Crippen LogP contribution in [0.1, 0.15) is 33.4 Å². The lowest BCUT2D eigenvalue weighted by atomic mass is 10.2. The predicted octanol–water partition coefficient (Wildman–Crippen LogP) is 2.62. The smallest absolute Gasteiger partial charge is 0.407 e. The van der Waals surface area contributed by atoms with Crippen LogP contribution in [0.5, 0.6) is 5.88 Å². The minimum absolute atomic E-state index is 0.241. The molecule has 0 saturated heterocycles. The standard InChI is InChI=1S/C14H24BrN3O4/c1-9(7-16-13(19)22-14(2,3)4)21-12-11(15)10(8-20-6)17-18(12)5/h9H,7-8H2,1-6H3,(H,16,19). The molecular weight excluding hydrogens is 354 g/mol. The van der Waals surface area contributed by atoms with E-state index in [-0.39, 0.29) is 6.10 Å². The van der Waals surface area contributed by atoms with Gasteiger partial charge in [0.25, 0.3) is 0 Å². The Hall–Kier alpha value is -1.28. The van der Waals surface area contributed by atoms with E-state index < -0.39 is 11.7 Å². The molecule has 0 aliphatic carbocycles. The average Bonchev–Trinajstić information content (AvgIpc) is 2.63. The van der Waals surface area contributed by atoms with Crippen LogP contribution in [-0.2, 0) is 23.1 Å². The number of aryl methyl sites for hydroxylation is 1. The normalized spacial score (nSPS) is 12.9. The first kappa shape index (κ1) is 18.8. The van der Waals surface area contributed by atoms with Gasteiger partial charge in [-0.15, -0.1) is 0 Å². The highest BCUT2D eigenvalue weighted by molar-refractivity contribution is 9.10. The lowest BCUT2D eigenvalue weighted by Crippen LogP contribution is -2.37. The van der Waals surface area contributed by atoms with Gasteiger partial charge < -0.3 is 19.5 Å². The number of alkyl carbamates (subject to hydrolysis) is 1. The van der Waals surface area contributed by atoms with Crippen molar-refractivity contribution < 1.29 is 19.0 Å². The minimum Gasteiger partial charge on any atom is -0.472 e. The first-order chi connectivity index (χ1) is 10.1. The van der Waals surface area contributed by atoms with Gasteiger partial charge >= 0.3 is 6.09 Å². The summed E-state index contributed by atoms with van der Waals surface area (Å²) in [6.07, 6.45) is -0.707. The van der Waals surface area contributed by atoms with Crippen LogP contribution in [0.3, 0.4) is 0 Å². The third kappa shape index (κ3) is 5.84. The molecule has 0 aliphatic rings. The van der Waals surface area contributed by atoms with Crippen molar-refractivity contribution in [2.75, 3.05) is 13.7 Å². The molecule has 0 bridgehead atoms. The van der Waals surface area contributed by atoms with Crippen LogP contribution >= 0.6 is 15.9 Å². The van der Waals surface area contributed by atoms with Crippen molar-refractivity contribution >= 4 is 22.0 Å². The monoisotopic (exact) mass is 377 g/mol. The van der Waals surface area contributed by atoms with Gasteiger partial charge in [-0.1, -0.05) is 0 Å². The van der Waals surface area contributed by atoms with Crippen molar-refractivity contribution in [3.63, 3.8) is 0 Å². The summed E-state index contributed by atoms with van der Waals surface area (Å²) >= 11 is 3.45. The van der Waals surface area contributed by atoms with E-state index in [1.54, 1.807) is 18.8 Å². The molecule has 1 rings (SSSR count). The Bertz CT molecular complexity index is 511. The summed E-state index contributed by atoms with van der Waals surface area (Å²) in [7, 11) is 3.39. The van der Waals surface area contributed by atoms with Crippen molar-refractivity contribution in [2.24, 2.45) is 7.05 Å². The summed E-state index contributed by atoms with van der Waals surface area (Å²) in [4.78, 5) is 11.6. The van der Waals surface area contributed by atoms with Crippen molar-refractivity contribution in [3.8, 4) is 5.88 Å². The maximum absolute atomic E-state index is 11.6. The Balaban J connectivity index is 2.55. The molecule has 1 N–H and O–H groups in total. The van der Waals surface area contributed by atoms with Crippen LogP contribution in [0.15, 0.2) is 4.47 Å². The molecule has 8 heteroatoms. The maximum atomic E-state index is 11.6. The van der Waals surface area contributed by atoms with Crippen LogP contribution in [0.2, 0.25) is 0 Å². The quantitative estimate of drug-likeness (QED) is 0.824. The number of nitrogens with one attached hydrogen (secondary N) is 1. The predicted molar refractivity (Wildman–Crippen MR) is 85.9 cm³/mol. The Kier molecular flexibility index (Phi) is 6.67. The van der Waals surface area contributed by atoms with E-state index in [2.05, 4.69) is 26.3 Å². The van der Waals surface area contributed by atoms with Gasteiger partial charge in [0.05, 0.1) is 13.2 Å². The molecule has 1 aromatic heterocycles. The lowest BCUT2D eigenvalue weighted by molar-refractivity contribution is 0.0503. The fraction of sp³-hybridized carbons (Fsp3) is 0.714. The van der Waals surface area contributed by atoms with Gasteiger partial charge in [0.15, 0.2) is 0 Å². The minimum atomic E-state index is -0.520. The number of hydrogen-bond acceptors (Lipinski definition) is 5. The first-order valence-electron chi connectivity index (χ1n) is 6.98. The summed E-state index contributed by atoms with van der Waals surface area (Å²) in [6.45, 7) is 8.02. The zero-order valence-electron chi connectivity index (χ0n) is 13.9. The van der Waals surface area contributed by atoms with Crippen LogP contribution in [-0.4, -0.2) is 41.2 Å². The first-order valence-corrected chi connectivity index (χ1v) is 7.77. The van der Waals surface area contributed by atoms with Crippen LogP contribution in [0, 0.1) is 0 Å². The van der Waals surface area contributed by atoms with Crippen molar-refractivity contribution in [1.82, 2.24) is 15.1 Å². The Labute approximate surface area is 139 Å². The maximum Gasteiger partial charge on any atom is 0.407 e. The highest BCUT2D eigenvalue weighted by Crippen LogP contribution is 2.29. The van der Waals surface area contributed by atoms with Crippen molar-refractivity contribution in [1.29, 1.82) is 0 Å². The second-order valence-electron chi connectivity index (χ2n) is 5.93. The van der Waals surface area contributed by atoms with Gasteiger partial charge in [-0.25, -0.2) is 9.48 Å². The molecular formula is C14H24BrN3O4. The number of rotatable bonds is 6. The number of aromatic nitrogens is 2. The second-order valence-corrected chi connectivity index (χ2v) is 6.73. The molecule has 1 atom stereocenters. The molecule has 126 valence electrons. The number of amides is 1. The Morgan fingerprint density at radius 3 is 2.64 bits per heavy atom. The van der Waals surface area contributed by atoms with E-state index in [4.69, 9.17) is 14.2 Å². The van der Waals surface area contributed by atoms with E-state index in [1.807, 2.05) is 27.7 Å². The van der Waals surface area contributed by atoms with Gasteiger partial charge in [0.1, 0.15) is 21.9 Å². The van der Waals surface area contributed by atoms with Crippen LogP contribution in [0.4, 0.5) is 4.79 Å². The molecule has 1 aromatic rings. The highest BCUT2D eigenvalue weighted by Gasteiger charge is 2.19. The number of carbonyl (C=O) groups is 1. The number of methoxy groups -OCH3 is 1. The topological polar surface area (TPSA) is 74.6 Å². The largest absolute Gasteiger partial charge is 0.472 e. The summed E-state index contributed by atoms with van der Waals surface area (Å²) < 4.78 is 18.4. The summed E-state index contributed by atoms with van der Waals surface area (Å²) in [5, 5.41) is 6.98. The molecule has 0 aliphatic heterocycles. The fourth-order valence-electron chi connectivity index (χ4n) is 1.67. The highest BCUT2D eigenvalue weighted by atomic mass is 79.9. The van der Waals surface area contributed by atoms with Gasteiger partial charge in [0.2, 0.25) is 5.88 Å². The van der Waals surface area contributed by atoms with Gasteiger partial charge in [0, 0.05) is 14.2 Å². The molecule has 0 fully saturated rings. The van der Waals surface area contributed by atoms with E-state index in [0.717, 1.165) is 10.2 Å². The van der Waals surface area contributed by atoms with E-state index in [0.29, 0.717) is 19.0 Å². The molecule has 22 heavy (non-hydrogen) atoms. The third-order valence-electron chi connectivity index (χ3n) is 2.53. The molecule has 0 saturated carbocycles. The fourth-order valence-corrected chi connectivity index (χ4v) is 2.21. The number of halogens is 1. The SMILES string of the molecule is COCc1nn(C)c(OC(C)CNC(=O)OC(C)(C)C)c1Br. The lowest BCUT2D eigenvalue weighted by Gasteiger charge is -2.21. The number of nitrogens with zero attached hydrogens (tertiary/aromatic N) is 2. The number of carbonyl (C=O) groups excluding carboxylic acids is 1. The molecule has 0 radical (unpaired) electrons. The van der Waals surface area contributed by atoms with Crippen molar-refractivity contribution in [3.05, 3.63) is 10.2 Å². The molecule has 1 amide bonds. The van der Waals surface area contributed by atoms with E-state index in [9.17, 15) is 4.79 Å². The van der Waals surface area contributed by atoms with E-state index >= 15 is 0 Å². The Morgan fingerprint density at radius 2 is 2.09 bits per heavy atom. The van der Waals surface area contributed by atoms with Crippen LogP contribution in [0.25, 0.3) is 0 Å². The van der Waals surface area contributed by atoms with Gasteiger partial charge in [-0.05, 0) is 43.6 Å². The molecule has 0 aromatic carbocycles. The zero-order chi connectivity index (χ0) is 16.9. The zero-order valence-corrected chi connectivity index (χ0v) is 15.5. The summed E-state index contributed by atoms with van der Waals surface area (Å²) in [5.41, 5.74) is 0.237. The number of hydrogen-bond donors (Lipinski definition) is 1. The molecule has 0 spiro atoms. The van der Waals surface area contributed by atoms with Gasteiger partial charge in [-0.3, -0.25) is 0 Å². The van der Waals surface area contributed by atoms with Crippen LogP contribution < -0.4 is 10.1 Å². The van der Waals surface area contributed by atoms with Gasteiger partial charge in [-0.2, -0.15) is 5.10 Å². The Morgan fingerprint density at radius 1 is 1.45 bits per heavy atom. The molecule has 1 heterocycles. The average molecular weight is 378 g/mol. The van der Waals surface area contributed by atoms with Crippen molar-refractivity contribution in [2.45, 2.75) is 46.0 Å². The molecule has 1 unspecified atom stereocenters. The summed E-state index contributed by atoms with van der Waals surface area (Å²) in [6, 6.07) is 0. The molecule has 7 nitrogen and oxygen atoms in total. The second kappa shape index (κ2) is 7.82. The number of ether oxygens (including phenoxy) is 3. The summed E-state index contributed by atoms with van der Waals surface area (Å²) in [5.74, 6) is 0.588.